The van der Waals surface area contributed by atoms with E-state index in [0.717, 1.165) is 12.8 Å². The lowest BCUT2D eigenvalue weighted by Crippen LogP contribution is -2.36. The van der Waals surface area contributed by atoms with Gasteiger partial charge in [0, 0.05) is 21.7 Å². The summed E-state index contributed by atoms with van der Waals surface area (Å²) in [4.78, 5) is 23.8. The zero-order valence-electron chi connectivity index (χ0n) is 14.5. The second-order valence-electron chi connectivity index (χ2n) is 6.03. The fraction of sp³-hybridized carbons (Fsp3) is 0.300. The molecule has 0 radical (unpaired) electrons. The zero-order chi connectivity index (χ0) is 18.9. The van der Waals surface area contributed by atoms with Crippen molar-refractivity contribution < 1.29 is 14.3 Å². The molecule has 1 N–H and O–H groups in total. The Labute approximate surface area is 163 Å². The third kappa shape index (κ3) is 6.70. The fourth-order valence-electron chi connectivity index (χ4n) is 2.46. The highest BCUT2D eigenvalue weighted by Gasteiger charge is 2.14. The number of ether oxygens (including phenoxy) is 1. The van der Waals surface area contributed by atoms with E-state index in [9.17, 15) is 9.59 Å². The van der Waals surface area contributed by atoms with Gasteiger partial charge in [0.1, 0.15) is 0 Å². The van der Waals surface area contributed by atoms with E-state index < -0.39 is 5.97 Å². The van der Waals surface area contributed by atoms with Crippen molar-refractivity contribution in [1.29, 1.82) is 0 Å². The summed E-state index contributed by atoms with van der Waals surface area (Å²) in [5, 5.41) is 3.62. The normalized spacial score (nSPS) is 11.7. The number of carbonyl (C=O) groups excluding carboxylic acids is 2. The van der Waals surface area contributed by atoms with E-state index in [4.69, 9.17) is 27.9 Å². The molecule has 4 nitrogen and oxygen atoms in total. The lowest BCUT2D eigenvalue weighted by molar-refractivity contribution is -0.148. The van der Waals surface area contributed by atoms with Crippen molar-refractivity contribution in [2.75, 3.05) is 6.61 Å². The minimum absolute atomic E-state index is 0.0144. The second-order valence-corrected chi connectivity index (χ2v) is 6.84. The van der Waals surface area contributed by atoms with Crippen LogP contribution in [0.3, 0.4) is 0 Å². The Hall–Kier alpha value is -2.04. The highest BCUT2D eigenvalue weighted by atomic mass is 35.5. The molecule has 0 heterocycles. The van der Waals surface area contributed by atoms with Crippen molar-refractivity contribution in [2.24, 2.45) is 0 Å². The molecule has 2 aromatic carbocycles. The molecule has 138 valence electrons. The first-order chi connectivity index (χ1) is 12.5. The van der Waals surface area contributed by atoms with Gasteiger partial charge in [-0.25, -0.2) is 0 Å². The largest absolute Gasteiger partial charge is 0.455 e. The lowest BCUT2D eigenvalue weighted by atomic mass is 10.1. The van der Waals surface area contributed by atoms with E-state index in [2.05, 4.69) is 17.4 Å². The average molecular weight is 394 g/mol. The molecule has 0 aliphatic heterocycles. The number of esters is 1. The van der Waals surface area contributed by atoms with Gasteiger partial charge in [0.05, 0.1) is 6.42 Å². The van der Waals surface area contributed by atoms with E-state index in [1.165, 1.54) is 5.56 Å². The number of hydrogen-bond donors (Lipinski definition) is 1. The monoisotopic (exact) mass is 393 g/mol. The Morgan fingerprint density at radius 3 is 2.35 bits per heavy atom. The molecule has 0 aliphatic carbocycles. The number of rotatable bonds is 8. The maximum absolute atomic E-state index is 11.9. The van der Waals surface area contributed by atoms with Crippen LogP contribution in [-0.4, -0.2) is 24.5 Å². The van der Waals surface area contributed by atoms with Gasteiger partial charge >= 0.3 is 5.97 Å². The minimum atomic E-state index is -0.549. The Morgan fingerprint density at radius 1 is 1.04 bits per heavy atom. The van der Waals surface area contributed by atoms with Crippen LogP contribution in [-0.2, 0) is 27.2 Å². The summed E-state index contributed by atoms with van der Waals surface area (Å²) in [5.74, 6) is -0.878. The molecule has 0 bridgehead atoms. The van der Waals surface area contributed by atoms with Gasteiger partial charge in [-0.05, 0) is 37.5 Å². The van der Waals surface area contributed by atoms with Crippen LogP contribution in [0.4, 0.5) is 0 Å². The molecular weight excluding hydrogens is 373 g/mol. The van der Waals surface area contributed by atoms with E-state index in [1.807, 2.05) is 25.1 Å². The van der Waals surface area contributed by atoms with Gasteiger partial charge < -0.3 is 10.1 Å². The molecule has 0 saturated carbocycles. The number of amides is 1. The maximum atomic E-state index is 11.9. The van der Waals surface area contributed by atoms with Gasteiger partial charge in [-0.1, -0.05) is 59.6 Å². The molecule has 1 atom stereocenters. The number of benzene rings is 2. The van der Waals surface area contributed by atoms with Gasteiger partial charge in [-0.3, -0.25) is 9.59 Å². The molecule has 0 spiro atoms. The highest BCUT2D eigenvalue weighted by Crippen LogP contribution is 2.24. The summed E-state index contributed by atoms with van der Waals surface area (Å²) in [7, 11) is 0. The van der Waals surface area contributed by atoms with Crippen molar-refractivity contribution in [3.63, 3.8) is 0 Å². The van der Waals surface area contributed by atoms with Crippen LogP contribution in [0.25, 0.3) is 0 Å². The Bertz CT molecular complexity index is 730. The quantitative estimate of drug-likeness (QED) is 0.683. The Morgan fingerprint density at radius 2 is 1.69 bits per heavy atom. The van der Waals surface area contributed by atoms with Crippen molar-refractivity contribution in [2.45, 2.75) is 32.2 Å². The molecule has 2 aromatic rings. The molecule has 1 amide bonds. The van der Waals surface area contributed by atoms with Gasteiger partial charge in [-0.2, -0.15) is 0 Å². The standard InChI is InChI=1S/C20H21Cl2NO3/c1-14(10-11-15-6-3-2-4-7-15)23-19(24)13-26-20(25)12-16-17(21)8-5-9-18(16)22/h2-9,14H,10-13H2,1H3,(H,23,24)/t14-/m1/s1. The van der Waals surface area contributed by atoms with Gasteiger partial charge in [-0.15, -0.1) is 0 Å². The lowest BCUT2D eigenvalue weighted by Gasteiger charge is -2.14. The topological polar surface area (TPSA) is 55.4 Å². The van der Waals surface area contributed by atoms with Crippen LogP contribution in [0.5, 0.6) is 0 Å². The van der Waals surface area contributed by atoms with Crippen molar-refractivity contribution >= 4 is 35.1 Å². The summed E-state index contributed by atoms with van der Waals surface area (Å²) in [5.41, 5.74) is 1.72. The first-order valence-corrected chi connectivity index (χ1v) is 9.13. The molecular formula is C20H21Cl2NO3. The van der Waals surface area contributed by atoms with E-state index in [0.29, 0.717) is 15.6 Å². The van der Waals surface area contributed by atoms with E-state index >= 15 is 0 Å². The average Bonchev–Trinajstić information content (AvgIpc) is 2.62. The molecule has 6 heteroatoms. The number of carbonyl (C=O) groups is 2. The minimum Gasteiger partial charge on any atom is -0.455 e. The SMILES string of the molecule is C[C@H](CCc1ccccc1)NC(=O)COC(=O)Cc1c(Cl)cccc1Cl. The van der Waals surface area contributed by atoms with Crippen LogP contribution in [0, 0.1) is 0 Å². The smallest absolute Gasteiger partial charge is 0.310 e. The molecule has 0 unspecified atom stereocenters. The molecule has 0 saturated heterocycles. The number of hydrogen-bond acceptors (Lipinski definition) is 3. The van der Waals surface area contributed by atoms with Gasteiger partial charge in [0.25, 0.3) is 5.91 Å². The fourth-order valence-corrected chi connectivity index (χ4v) is 2.99. The molecule has 0 aromatic heterocycles. The Balaban J connectivity index is 1.71. The zero-order valence-corrected chi connectivity index (χ0v) is 16.0. The van der Waals surface area contributed by atoms with E-state index in [-0.39, 0.29) is 25.0 Å². The predicted octanol–water partition coefficient (Wildman–Crippen LogP) is 4.22. The van der Waals surface area contributed by atoms with Crippen LogP contribution >= 0.6 is 23.2 Å². The summed E-state index contributed by atoms with van der Waals surface area (Å²) in [6, 6.07) is 15.0. The molecule has 2 rings (SSSR count). The van der Waals surface area contributed by atoms with Crippen molar-refractivity contribution in [3.05, 3.63) is 69.7 Å². The molecule has 26 heavy (non-hydrogen) atoms. The van der Waals surface area contributed by atoms with Crippen LogP contribution < -0.4 is 5.32 Å². The number of halogens is 2. The van der Waals surface area contributed by atoms with Gasteiger partial charge in [0.2, 0.25) is 0 Å². The summed E-state index contributed by atoms with van der Waals surface area (Å²) in [6.07, 6.45) is 1.60. The highest BCUT2D eigenvalue weighted by molar-refractivity contribution is 6.36. The van der Waals surface area contributed by atoms with Crippen LogP contribution in [0.2, 0.25) is 10.0 Å². The predicted molar refractivity (Wildman–Crippen MR) is 103 cm³/mol. The van der Waals surface area contributed by atoms with Gasteiger partial charge in [0.15, 0.2) is 6.61 Å². The summed E-state index contributed by atoms with van der Waals surface area (Å²) >= 11 is 12.0. The molecule has 0 aliphatic rings. The third-order valence-electron chi connectivity index (χ3n) is 3.86. The second kappa shape index (κ2) is 10.2. The van der Waals surface area contributed by atoms with Crippen LogP contribution in [0.15, 0.2) is 48.5 Å². The first-order valence-electron chi connectivity index (χ1n) is 8.37. The number of nitrogens with one attached hydrogen (secondary N) is 1. The Kier molecular flexibility index (Phi) is 7.95. The summed E-state index contributed by atoms with van der Waals surface area (Å²) < 4.78 is 5.01. The first kappa shape index (κ1) is 20.3. The third-order valence-corrected chi connectivity index (χ3v) is 4.57. The van der Waals surface area contributed by atoms with E-state index in [1.54, 1.807) is 18.2 Å². The maximum Gasteiger partial charge on any atom is 0.310 e. The molecule has 0 fully saturated rings. The van der Waals surface area contributed by atoms with Crippen LogP contribution in [0.1, 0.15) is 24.5 Å². The van der Waals surface area contributed by atoms with Crippen molar-refractivity contribution in [1.82, 2.24) is 5.32 Å². The van der Waals surface area contributed by atoms with Crippen molar-refractivity contribution in [3.8, 4) is 0 Å². The number of aryl methyl sites for hydroxylation is 1. The summed E-state index contributed by atoms with van der Waals surface area (Å²) in [6.45, 7) is 1.60.